The molecule has 10 heteroatoms. The number of nitrogens with one attached hydrogen (secondary N) is 1. The second-order valence-electron chi connectivity index (χ2n) is 6.18. The Hall–Kier alpha value is -3.33. The second kappa shape index (κ2) is 11.0. The van der Waals surface area contributed by atoms with Crippen molar-refractivity contribution in [2.24, 2.45) is 5.10 Å². The van der Waals surface area contributed by atoms with Crippen molar-refractivity contribution < 1.29 is 23.9 Å². The molecule has 0 saturated carbocycles. The van der Waals surface area contributed by atoms with Gasteiger partial charge in [0.15, 0.2) is 23.9 Å². The number of nitro benzene ring substituents is 1. The average molecular weight is 436 g/mol. The summed E-state index contributed by atoms with van der Waals surface area (Å²) >= 11 is 6.28. The number of hydrazone groups is 1. The first kappa shape index (κ1) is 23.0. The molecule has 0 unspecified atom stereocenters. The van der Waals surface area contributed by atoms with Crippen molar-refractivity contribution in [2.45, 2.75) is 26.4 Å². The predicted molar refractivity (Wildman–Crippen MR) is 113 cm³/mol. The fraction of sp³-hybridized carbons (Fsp3) is 0.300. The van der Waals surface area contributed by atoms with E-state index in [2.05, 4.69) is 10.5 Å². The zero-order valence-electron chi connectivity index (χ0n) is 16.8. The van der Waals surface area contributed by atoms with Crippen LogP contribution >= 0.6 is 11.6 Å². The van der Waals surface area contributed by atoms with Gasteiger partial charge in [-0.05, 0) is 37.1 Å². The number of halogens is 1. The Labute approximate surface area is 178 Å². The van der Waals surface area contributed by atoms with Crippen molar-refractivity contribution in [3.63, 3.8) is 0 Å². The van der Waals surface area contributed by atoms with Crippen molar-refractivity contribution >= 4 is 29.4 Å². The third kappa shape index (κ3) is 6.35. The maximum absolute atomic E-state index is 11.9. The number of carbonyl (C=O) groups is 1. The Morgan fingerprint density at radius 1 is 1.33 bits per heavy atom. The van der Waals surface area contributed by atoms with Gasteiger partial charge in [0.25, 0.3) is 5.91 Å². The number of ether oxygens (including phenoxy) is 3. The van der Waals surface area contributed by atoms with Crippen LogP contribution in [0.4, 0.5) is 5.69 Å². The molecule has 30 heavy (non-hydrogen) atoms. The normalized spacial score (nSPS) is 11.7. The molecule has 1 amide bonds. The number of hydrogen-bond donors (Lipinski definition) is 1. The van der Waals surface area contributed by atoms with Crippen LogP contribution in [0, 0.1) is 10.1 Å². The summed E-state index contributed by atoms with van der Waals surface area (Å²) in [6.45, 7) is 3.48. The molecular weight excluding hydrogens is 414 g/mol. The van der Waals surface area contributed by atoms with Gasteiger partial charge in [-0.25, -0.2) is 5.43 Å². The predicted octanol–water partition coefficient (Wildman–Crippen LogP) is 3.96. The van der Waals surface area contributed by atoms with Gasteiger partial charge in [-0.15, -0.1) is 0 Å². The number of rotatable bonds is 10. The third-order valence-corrected chi connectivity index (χ3v) is 4.25. The van der Waals surface area contributed by atoms with Crippen molar-refractivity contribution in [1.29, 1.82) is 0 Å². The quantitative estimate of drug-likeness (QED) is 0.343. The van der Waals surface area contributed by atoms with Gasteiger partial charge in [0.2, 0.25) is 0 Å². The lowest BCUT2D eigenvalue weighted by Gasteiger charge is -2.17. The molecule has 160 valence electrons. The molecule has 2 aromatic carbocycles. The second-order valence-corrected chi connectivity index (χ2v) is 6.58. The van der Waals surface area contributed by atoms with E-state index >= 15 is 0 Å². The zero-order valence-corrected chi connectivity index (χ0v) is 17.5. The van der Waals surface area contributed by atoms with Crippen molar-refractivity contribution in [1.82, 2.24) is 5.43 Å². The molecule has 0 aromatic heterocycles. The van der Waals surface area contributed by atoms with E-state index in [-0.39, 0.29) is 17.5 Å². The Bertz CT molecular complexity index is 935. The molecule has 0 fully saturated rings. The van der Waals surface area contributed by atoms with Gasteiger partial charge < -0.3 is 14.2 Å². The Morgan fingerprint density at radius 2 is 2.07 bits per heavy atom. The van der Waals surface area contributed by atoms with E-state index in [1.165, 1.54) is 31.5 Å². The van der Waals surface area contributed by atoms with E-state index in [0.717, 1.165) is 6.42 Å². The molecule has 1 N–H and O–H groups in total. The number of nitrogens with zero attached hydrogens (tertiary/aromatic N) is 2. The molecule has 0 aliphatic rings. The molecular formula is C20H22ClN3O6. The number of carbonyl (C=O) groups excluding carboxylic acids is 1. The lowest BCUT2D eigenvalue weighted by atomic mass is 10.2. The van der Waals surface area contributed by atoms with Gasteiger partial charge in [-0.3, -0.25) is 14.9 Å². The fourth-order valence-corrected chi connectivity index (χ4v) is 2.56. The van der Waals surface area contributed by atoms with Crippen LogP contribution in [0.2, 0.25) is 5.02 Å². The molecule has 2 aromatic rings. The van der Waals surface area contributed by atoms with E-state index in [9.17, 15) is 14.9 Å². The lowest BCUT2D eigenvalue weighted by Crippen LogP contribution is -2.24. The molecule has 0 bridgehead atoms. The van der Waals surface area contributed by atoms with Gasteiger partial charge in [0.05, 0.1) is 29.4 Å². The summed E-state index contributed by atoms with van der Waals surface area (Å²) in [5, 5.41) is 15.1. The Kier molecular flexibility index (Phi) is 8.42. The van der Waals surface area contributed by atoms with Crippen LogP contribution in [-0.4, -0.2) is 36.9 Å². The number of hydrogen-bond acceptors (Lipinski definition) is 7. The molecule has 0 saturated heterocycles. The zero-order chi connectivity index (χ0) is 22.1. The minimum atomic E-state index is -0.586. The van der Waals surface area contributed by atoms with Crippen LogP contribution < -0.4 is 19.6 Å². The van der Waals surface area contributed by atoms with Crippen LogP contribution in [0.3, 0.4) is 0 Å². The Morgan fingerprint density at radius 3 is 2.73 bits per heavy atom. The van der Waals surface area contributed by atoms with Gasteiger partial charge in [0.1, 0.15) is 0 Å². The third-order valence-electron chi connectivity index (χ3n) is 3.97. The van der Waals surface area contributed by atoms with Crippen LogP contribution in [0.25, 0.3) is 0 Å². The maximum atomic E-state index is 11.9. The highest BCUT2D eigenvalue weighted by molar-refractivity contribution is 6.32. The molecule has 0 spiro atoms. The first-order chi connectivity index (χ1) is 14.3. The minimum absolute atomic E-state index is 0.00459. The standard InChI is InChI=1S/C20H22ClN3O6/c1-4-13(2)30-20-15(21)9-14(10-18(20)28-3)11-22-23-19(25)12-29-17-8-6-5-7-16(17)24(26)27/h5-11,13H,4,12H2,1-3H3,(H,23,25)/b22-11+/t13-/m1/s1. The Balaban J connectivity index is 1.99. The average Bonchev–Trinajstić information content (AvgIpc) is 2.73. The highest BCUT2D eigenvalue weighted by Gasteiger charge is 2.15. The van der Waals surface area contributed by atoms with E-state index in [1.54, 1.807) is 18.2 Å². The highest BCUT2D eigenvalue weighted by Crippen LogP contribution is 2.37. The number of amides is 1. The largest absolute Gasteiger partial charge is 0.493 e. The molecule has 0 heterocycles. The molecule has 2 rings (SSSR count). The molecule has 0 aliphatic carbocycles. The van der Waals surface area contributed by atoms with Crippen LogP contribution in [0.15, 0.2) is 41.5 Å². The highest BCUT2D eigenvalue weighted by atomic mass is 35.5. The monoisotopic (exact) mass is 435 g/mol. The summed E-state index contributed by atoms with van der Waals surface area (Å²) < 4.78 is 16.3. The summed E-state index contributed by atoms with van der Waals surface area (Å²) in [5.41, 5.74) is 2.63. The van der Waals surface area contributed by atoms with Crippen molar-refractivity contribution in [2.75, 3.05) is 13.7 Å². The summed E-state index contributed by atoms with van der Waals surface area (Å²) in [6.07, 6.45) is 2.16. The molecule has 0 aliphatic heterocycles. The maximum Gasteiger partial charge on any atom is 0.310 e. The molecule has 1 atom stereocenters. The molecule has 0 radical (unpaired) electrons. The van der Waals surface area contributed by atoms with E-state index < -0.39 is 17.4 Å². The summed E-state index contributed by atoms with van der Waals surface area (Å²) in [7, 11) is 1.50. The summed E-state index contributed by atoms with van der Waals surface area (Å²) in [4.78, 5) is 22.3. The van der Waals surface area contributed by atoms with E-state index in [1.807, 2.05) is 13.8 Å². The van der Waals surface area contributed by atoms with Gasteiger partial charge in [0, 0.05) is 6.07 Å². The first-order valence-electron chi connectivity index (χ1n) is 9.08. The van der Waals surface area contributed by atoms with Crippen molar-refractivity contribution in [3.8, 4) is 17.2 Å². The van der Waals surface area contributed by atoms with Gasteiger partial charge in [-0.1, -0.05) is 30.7 Å². The lowest BCUT2D eigenvalue weighted by molar-refractivity contribution is -0.385. The number of methoxy groups -OCH3 is 1. The van der Waals surface area contributed by atoms with E-state index in [4.69, 9.17) is 25.8 Å². The van der Waals surface area contributed by atoms with Gasteiger partial charge in [-0.2, -0.15) is 5.10 Å². The summed E-state index contributed by atoms with van der Waals surface area (Å²) in [5.74, 6) is 0.289. The topological polar surface area (TPSA) is 112 Å². The first-order valence-corrected chi connectivity index (χ1v) is 9.45. The number of benzene rings is 2. The summed E-state index contributed by atoms with van der Waals surface area (Å²) in [6, 6.07) is 9.08. The SMILES string of the molecule is CC[C@@H](C)Oc1c(Cl)cc(/C=N/NC(=O)COc2ccccc2[N+](=O)[O-])cc1OC. The minimum Gasteiger partial charge on any atom is -0.493 e. The van der Waals surface area contributed by atoms with E-state index in [0.29, 0.717) is 22.1 Å². The smallest absolute Gasteiger partial charge is 0.310 e. The number of nitro groups is 1. The molecule has 9 nitrogen and oxygen atoms in total. The van der Waals surface area contributed by atoms with Gasteiger partial charge >= 0.3 is 5.69 Å². The fourth-order valence-electron chi connectivity index (χ4n) is 2.30. The van der Waals surface area contributed by atoms with Crippen LogP contribution in [0.5, 0.6) is 17.2 Å². The van der Waals surface area contributed by atoms with Crippen LogP contribution in [0.1, 0.15) is 25.8 Å². The van der Waals surface area contributed by atoms with Crippen LogP contribution in [-0.2, 0) is 4.79 Å². The number of para-hydroxylation sites is 2. The van der Waals surface area contributed by atoms with Crippen molar-refractivity contribution in [3.05, 3.63) is 57.1 Å².